The average molecular weight is 168 g/mol. The van der Waals surface area contributed by atoms with E-state index < -0.39 is 0 Å². The molecule has 0 radical (unpaired) electrons. The first-order valence-electron chi connectivity index (χ1n) is 5.32. The quantitative estimate of drug-likeness (QED) is 0.589. The van der Waals surface area contributed by atoms with E-state index in [1.165, 1.54) is 25.7 Å². The molecule has 0 aromatic rings. The molecule has 1 heteroatoms. The Morgan fingerprint density at radius 1 is 1.25 bits per heavy atom. The van der Waals surface area contributed by atoms with E-state index in [0.717, 1.165) is 18.3 Å². The molecule has 0 spiro atoms. The van der Waals surface area contributed by atoms with Gasteiger partial charge in [0, 0.05) is 0 Å². The van der Waals surface area contributed by atoms with Crippen molar-refractivity contribution in [2.24, 2.45) is 17.3 Å². The van der Waals surface area contributed by atoms with Crippen molar-refractivity contribution in [3.05, 3.63) is 0 Å². The molecule has 2 saturated carbocycles. The predicted molar refractivity (Wildman–Crippen MR) is 49.9 cm³/mol. The van der Waals surface area contributed by atoms with E-state index in [0.29, 0.717) is 0 Å². The minimum absolute atomic E-state index is 0.00903. The van der Waals surface area contributed by atoms with Gasteiger partial charge >= 0.3 is 0 Å². The van der Waals surface area contributed by atoms with Gasteiger partial charge in [-0.25, -0.2) is 0 Å². The van der Waals surface area contributed by atoms with Crippen molar-refractivity contribution in [1.82, 2.24) is 0 Å². The van der Waals surface area contributed by atoms with E-state index in [1.54, 1.807) is 0 Å². The summed E-state index contributed by atoms with van der Waals surface area (Å²) in [6, 6.07) is 0. The second-order valence-electron chi connectivity index (χ2n) is 5.07. The van der Waals surface area contributed by atoms with Gasteiger partial charge in [0.05, 0.1) is 6.10 Å². The van der Waals surface area contributed by atoms with Gasteiger partial charge in [0.2, 0.25) is 0 Å². The van der Waals surface area contributed by atoms with Crippen molar-refractivity contribution in [2.75, 3.05) is 0 Å². The van der Waals surface area contributed by atoms with Crippen LogP contribution in [0.2, 0.25) is 0 Å². The number of fused-ring (bicyclic) bond motifs is 1. The lowest BCUT2D eigenvalue weighted by molar-refractivity contribution is -0.00623. The lowest BCUT2D eigenvalue weighted by atomic mass is 9.64. The second-order valence-corrected chi connectivity index (χ2v) is 5.07. The van der Waals surface area contributed by atoms with Crippen molar-refractivity contribution in [3.8, 4) is 0 Å². The summed E-state index contributed by atoms with van der Waals surface area (Å²) < 4.78 is 0. The first kappa shape index (κ1) is 8.55. The van der Waals surface area contributed by atoms with Crippen molar-refractivity contribution in [3.63, 3.8) is 0 Å². The highest BCUT2D eigenvalue weighted by molar-refractivity contribution is 4.99. The third-order valence-electron chi connectivity index (χ3n) is 4.42. The van der Waals surface area contributed by atoms with Gasteiger partial charge in [-0.3, -0.25) is 0 Å². The van der Waals surface area contributed by atoms with Crippen LogP contribution in [0.15, 0.2) is 0 Å². The molecule has 0 saturated heterocycles. The maximum Gasteiger partial charge on any atom is 0.0596 e. The zero-order chi connectivity index (χ0) is 8.77. The van der Waals surface area contributed by atoms with Gasteiger partial charge in [0.1, 0.15) is 0 Å². The Morgan fingerprint density at radius 2 is 2.00 bits per heavy atom. The van der Waals surface area contributed by atoms with Crippen LogP contribution in [0.4, 0.5) is 0 Å². The van der Waals surface area contributed by atoms with Crippen LogP contribution in [0.5, 0.6) is 0 Å². The van der Waals surface area contributed by atoms with Gasteiger partial charge in [-0.1, -0.05) is 26.7 Å². The molecule has 0 unspecified atom stereocenters. The third-order valence-corrected chi connectivity index (χ3v) is 4.42. The Bertz CT molecular complexity index is 178. The van der Waals surface area contributed by atoms with Crippen molar-refractivity contribution in [1.29, 1.82) is 0 Å². The minimum atomic E-state index is -0.00903. The molecule has 1 N–H and O–H groups in total. The van der Waals surface area contributed by atoms with Crippen molar-refractivity contribution in [2.45, 2.75) is 52.1 Å². The SMILES string of the molecule is C[C@H]1CCC[C@]2(C)[C@@H](O)CC[C@@H]12. The molecule has 70 valence electrons. The summed E-state index contributed by atoms with van der Waals surface area (Å²) in [5.41, 5.74) is 0.275. The molecule has 0 aromatic heterocycles. The highest BCUT2D eigenvalue weighted by Gasteiger charge is 2.49. The van der Waals surface area contributed by atoms with Gasteiger partial charge in [-0.05, 0) is 36.5 Å². The molecule has 2 fully saturated rings. The zero-order valence-corrected chi connectivity index (χ0v) is 8.21. The van der Waals surface area contributed by atoms with Crippen LogP contribution in [0.25, 0.3) is 0 Å². The lowest BCUT2D eigenvalue weighted by Crippen LogP contribution is -2.38. The van der Waals surface area contributed by atoms with E-state index >= 15 is 0 Å². The molecule has 1 nitrogen and oxygen atoms in total. The predicted octanol–water partition coefficient (Wildman–Crippen LogP) is 2.58. The summed E-state index contributed by atoms with van der Waals surface area (Å²) in [5.74, 6) is 1.65. The van der Waals surface area contributed by atoms with E-state index in [2.05, 4.69) is 13.8 Å². The monoisotopic (exact) mass is 168 g/mol. The molecular formula is C11H20O. The Balaban J connectivity index is 2.20. The normalized spacial score (nSPS) is 53.8. The lowest BCUT2D eigenvalue weighted by Gasteiger charge is -2.42. The molecule has 2 rings (SSSR count). The topological polar surface area (TPSA) is 20.2 Å². The van der Waals surface area contributed by atoms with Gasteiger partial charge in [-0.15, -0.1) is 0 Å². The summed E-state index contributed by atoms with van der Waals surface area (Å²) >= 11 is 0. The second kappa shape index (κ2) is 2.73. The first-order chi connectivity index (χ1) is 5.64. The van der Waals surface area contributed by atoms with Crippen molar-refractivity contribution < 1.29 is 5.11 Å². The fraction of sp³-hybridized carbons (Fsp3) is 1.00. The molecule has 0 heterocycles. The summed E-state index contributed by atoms with van der Waals surface area (Å²) in [6.45, 7) is 4.66. The minimum Gasteiger partial charge on any atom is -0.393 e. The van der Waals surface area contributed by atoms with E-state index in [4.69, 9.17) is 0 Å². The fourth-order valence-electron chi connectivity index (χ4n) is 3.54. The van der Waals surface area contributed by atoms with Crippen LogP contribution in [-0.2, 0) is 0 Å². The number of hydrogen-bond acceptors (Lipinski definition) is 1. The van der Waals surface area contributed by atoms with Crippen molar-refractivity contribution >= 4 is 0 Å². The van der Waals surface area contributed by atoms with E-state index in [9.17, 15) is 5.11 Å². The summed E-state index contributed by atoms with van der Waals surface area (Å²) in [6.07, 6.45) is 6.26. The average Bonchev–Trinajstić information content (AvgIpc) is 2.30. The summed E-state index contributed by atoms with van der Waals surface area (Å²) in [4.78, 5) is 0. The molecule has 12 heavy (non-hydrogen) atoms. The molecule has 4 atom stereocenters. The van der Waals surface area contributed by atoms with Crippen LogP contribution in [0.1, 0.15) is 46.0 Å². The molecule has 0 amide bonds. The van der Waals surface area contributed by atoms with E-state index in [-0.39, 0.29) is 11.5 Å². The van der Waals surface area contributed by atoms with Gasteiger partial charge in [0.15, 0.2) is 0 Å². The van der Waals surface area contributed by atoms with Crippen LogP contribution in [0.3, 0.4) is 0 Å². The largest absolute Gasteiger partial charge is 0.393 e. The Kier molecular flexibility index (Phi) is 1.95. The Labute approximate surface area is 75.2 Å². The Morgan fingerprint density at radius 3 is 2.67 bits per heavy atom. The van der Waals surface area contributed by atoms with Crippen LogP contribution in [0, 0.1) is 17.3 Å². The number of aliphatic hydroxyl groups excluding tert-OH is 1. The van der Waals surface area contributed by atoms with Gasteiger partial charge in [0.25, 0.3) is 0 Å². The van der Waals surface area contributed by atoms with E-state index in [1.807, 2.05) is 0 Å². The number of rotatable bonds is 0. The highest BCUT2D eigenvalue weighted by atomic mass is 16.3. The number of hydrogen-bond donors (Lipinski definition) is 1. The summed E-state index contributed by atoms with van der Waals surface area (Å²) in [7, 11) is 0. The standard InChI is InChI=1S/C11H20O/c1-8-4-3-7-11(2)9(8)5-6-10(11)12/h8-10,12H,3-7H2,1-2H3/t8-,9-,10-,11-/m0/s1. The zero-order valence-electron chi connectivity index (χ0n) is 8.21. The number of aliphatic hydroxyl groups is 1. The first-order valence-corrected chi connectivity index (χ1v) is 5.32. The van der Waals surface area contributed by atoms with Crippen LogP contribution >= 0.6 is 0 Å². The van der Waals surface area contributed by atoms with Gasteiger partial charge in [-0.2, -0.15) is 0 Å². The van der Waals surface area contributed by atoms with Gasteiger partial charge < -0.3 is 5.11 Å². The molecule has 2 aliphatic carbocycles. The molecule has 2 aliphatic rings. The van der Waals surface area contributed by atoms with Crippen LogP contribution < -0.4 is 0 Å². The molecule has 0 aromatic carbocycles. The summed E-state index contributed by atoms with van der Waals surface area (Å²) in [5, 5.41) is 9.90. The smallest absolute Gasteiger partial charge is 0.0596 e. The Hall–Kier alpha value is -0.0400. The highest BCUT2D eigenvalue weighted by Crippen LogP contribution is 2.54. The maximum atomic E-state index is 9.90. The van der Waals surface area contributed by atoms with Crippen LogP contribution in [-0.4, -0.2) is 11.2 Å². The fourth-order valence-corrected chi connectivity index (χ4v) is 3.54. The molecular weight excluding hydrogens is 148 g/mol. The maximum absolute atomic E-state index is 9.90. The molecule has 0 bridgehead atoms. The third kappa shape index (κ3) is 1.02. The molecule has 0 aliphatic heterocycles.